The Bertz CT molecular complexity index is 1310. The van der Waals surface area contributed by atoms with Crippen molar-refractivity contribution < 1.29 is 0 Å². The van der Waals surface area contributed by atoms with Crippen LogP contribution >= 0.6 is 15.9 Å². The van der Waals surface area contributed by atoms with E-state index in [1.54, 1.807) is 6.07 Å². The maximum atomic E-state index is 9.63. The van der Waals surface area contributed by atoms with Crippen LogP contribution in [0.4, 0.5) is 17.1 Å². The van der Waals surface area contributed by atoms with Gasteiger partial charge >= 0.3 is 0 Å². The van der Waals surface area contributed by atoms with Gasteiger partial charge in [-0.25, -0.2) is 0 Å². The molecule has 4 rings (SSSR count). The predicted octanol–water partition coefficient (Wildman–Crippen LogP) is 8.25. The van der Waals surface area contributed by atoms with E-state index >= 15 is 0 Å². The molecule has 3 nitrogen and oxygen atoms in total. The van der Waals surface area contributed by atoms with Gasteiger partial charge in [-0.2, -0.15) is 10.5 Å². The van der Waals surface area contributed by atoms with Crippen molar-refractivity contribution in [2.24, 2.45) is 0 Å². The van der Waals surface area contributed by atoms with Gasteiger partial charge in [-0.1, -0.05) is 36.4 Å². The van der Waals surface area contributed by atoms with Crippen LogP contribution in [0.3, 0.4) is 0 Å². The fourth-order valence-electron chi connectivity index (χ4n) is 4.31. The lowest BCUT2D eigenvalue weighted by molar-refractivity contribution is 1.25. The Balaban J connectivity index is 1.95. The first-order valence-corrected chi connectivity index (χ1v) is 11.4. The number of nitriles is 2. The predicted molar refractivity (Wildman–Crippen MR) is 138 cm³/mol. The molecule has 4 aromatic rings. The summed E-state index contributed by atoms with van der Waals surface area (Å²) in [5.41, 5.74) is 9.14. The second-order valence-electron chi connectivity index (χ2n) is 7.97. The molecule has 4 heteroatoms. The highest BCUT2D eigenvalue weighted by atomic mass is 79.9. The van der Waals surface area contributed by atoms with Gasteiger partial charge in [0.15, 0.2) is 0 Å². The molecule has 0 saturated carbocycles. The summed E-state index contributed by atoms with van der Waals surface area (Å²) in [6, 6.07) is 31.0. The van der Waals surface area contributed by atoms with E-state index in [1.807, 2.05) is 43.3 Å². The quantitative estimate of drug-likeness (QED) is 0.288. The van der Waals surface area contributed by atoms with E-state index in [4.69, 9.17) is 0 Å². The highest BCUT2D eigenvalue weighted by molar-refractivity contribution is 9.10. The lowest BCUT2D eigenvalue weighted by Gasteiger charge is -2.27. The van der Waals surface area contributed by atoms with Crippen molar-refractivity contribution in [1.82, 2.24) is 0 Å². The average molecular weight is 492 g/mol. The summed E-state index contributed by atoms with van der Waals surface area (Å²) in [7, 11) is 0. The number of benzene rings is 4. The largest absolute Gasteiger partial charge is 0.310 e. The zero-order chi connectivity index (χ0) is 23.5. The van der Waals surface area contributed by atoms with Gasteiger partial charge in [0.05, 0.1) is 17.2 Å². The molecule has 0 unspecified atom stereocenters. The van der Waals surface area contributed by atoms with E-state index in [2.05, 4.69) is 83.2 Å². The minimum atomic E-state index is 0.463. The van der Waals surface area contributed by atoms with Gasteiger partial charge in [0.2, 0.25) is 0 Å². The van der Waals surface area contributed by atoms with Gasteiger partial charge in [0.25, 0.3) is 0 Å². The molecule has 4 aromatic carbocycles. The first kappa shape index (κ1) is 22.3. The third kappa shape index (κ3) is 4.14. The molecule has 0 spiro atoms. The van der Waals surface area contributed by atoms with Crippen LogP contribution in [0.5, 0.6) is 0 Å². The van der Waals surface area contributed by atoms with Crippen LogP contribution in [0.25, 0.3) is 11.1 Å². The van der Waals surface area contributed by atoms with Crippen molar-refractivity contribution in [2.45, 2.75) is 20.8 Å². The van der Waals surface area contributed by atoms with E-state index in [0.717, 1.165) is 49.4 Å². The highest BCUT2D eigenvalue weighted by Gasteiger charge is 2.21. The molecule has 0 aliphatic rings. The first-order chi connectivity index (χ1) is 16.0. The molecule has 0 saturated heterocycles. The van der Waals surface area contributed by atoms with Gasteiger partial charge in [0.1, 0.15) is 6.07 Å². The smallest absolute Gasteiger partial charge is 0.100 e. The summed E-state index contributed by atoms with van der Waals surface area (Å²) in [5.74, 6) is 0. The average Bonchev–Trinajstić information content (AvgIpc) is 2.82. The third-order valence-electron chi connectivity index (χ3n) is 5.82. The zero-order valence-electron chi connectivity index (χ0n) is 18.7. The molecule has 160 valence electrons. The molecule has 0 amide bonds. The Hall–Kier alpha value is -3.86. The van der Waals surface area contributed by atoms with Crippen LogP contribution in [0.15, 0.2) is 83.3 Å². The molecular formula is C29H22BrN3. The van der Waals surface area contributed by atoms with Crippen LogP contribution in [0, 0.1) is 43.4 Å². The zero-order valence-corrected chi connectivity index (χ0v) is 20.3. The summed E-state index contributed by atoms with van der Waals surface area (Å²) in [4.78, 5) is 2.23. The van der Waals surface area contributed by atoms with Crippen LogP contribution < -0.4 is 4.90 Å². The molecule has 0 N–H and O–H groups in total. The van der Waals surface area contributed by atoms with Crippen LogP contribution in [-0.4, -0.2) is 0 Å². The minimum Gasteiger partial charge on any atom is -0.310 e. The molecular weight excluding hydrogens is 470 g/mol. The van der Waals surface area contributed by atoms with Gasteiger partial charge in [0, 0.05) is 27.1 Å². The minimum absolute atomic E-state index is 0.463. The van der Waals surface area contributed by atoms with E-state index in [1.165, 1.54) is 0 Å². The van der Waals surface area contributed by atoms with Crippen LogP contribution in [0.1, 0.15) is 27.8 Å². The molecule has 0 aliphatic carbocycles. The van der Waals surface area contributed by atoms with Gasteiger partial charge in [-0.05, 0) is 101 Å². The molecule has 0 heterocycles. The fraction of sp³-hybridized carbons (Fsp3) is 0.103. The Kier molecular flexibility index (Phi) is 6.31. The molecule has 0 fully saturated rings. The van der Waals surface area contributed by atoms with Crippen molar-refractivity contribution in [3.8, 4) is 23.3 Å². The third-order valence-corrected chi connectivity index (χ3v) is 6.64. The first-order valence-electron chi connectivity index (χ1n) is 10.6. The standard InChI is InChI=1S/C29H22BrN3/c1-19-14-26(33(24-10-6-4-7-11-24)25-12-8-5-9-13-25)15-20(2)27(19)28-21(3)22(17-31)16-23(18-32)29(28)30/h4-16H,1-3H3. The number of halogens is 1. The number of anilines is 3. The second kappa shape index (κ2) is 9.33. The van der Waals surface area contributed by atoms with Crippen molar-refractivity contribution in [2.75, 3.05) is 4.90 Å². The Morgan fingerprint density at radius 1 is 0.636 bits per heavy atom. The molecule has 0 bridgehead atoms. The number of para-hydroxylation sites is 2. The normalized spacial score (nSPS) is 10.4. The van der Waals surface area contributed by atoms with Gasteiger partial charge < -0.3 is 4.90 Å². The number of rotatable bonds is 4. The fourth-order valence-corrected chi connectivity index (χ4v) is 5.01. The summed E-state index contributed by atoms with van der Waals surface area (Å²) in [6.45, 7) is 6.10. The Morgan fingerprint density at radius 3 is 1.58 bits per heavy atom. The molecule has 33 heavy (non-hydrogen) atoms. The monoisotopic (exact) mass is 491 g/mol. The summed E-state index contributed by atoms with van der Waals surface area (Å²) >= 11 is 3.64. The van der Waals surface area contributed by atoms with E-state index in [-0.39, 0.29) is 0 Å². The second-order valence-corrected chi connectivity index (χ2v) is 8.76. The van der Waals surface area contributed by atoms with Crippen molar-refractivity contribution in [3.05, 3.63) is 111 Å². The van der Waals surface area contributed by atoms with E-state index in [0.29, 0.717) is 11.1 Å². The number of hydrogen-bond donors (Lipinski definition) is 0. The number of nitrogens with zero attached hydrogens (tertiary/aromatic N) is 3. The van der Waals surface area contributed by atoms with Gasteiger partial charge in [-0.3, -0.25) is 0 Å². The maximum absolute atomic E-state index is 9.63. The van der Waals surface area contributed by atoms with E-state index in [9.17, 15) is 10.5 Å². The van der Waals surface area contributed by atoms with Gasteiger partial charge in [-0.15, -0.1) is 0 Å². The SMILES string of the molecule is Cc1cc(N(c2ccccc2)c2ccccc2)cc(C)c1-c1c(C)c(C#N)cc(C#N)c1Br. The molecule has 0 aromatic heterocycles. The number of hydrogen-bond acceptors (Lipinski definition) is 3. The Labute approximate surface area is 203 Å². The topological polar surface area (TPSA) is 50.8 Å². The summed E-state index contributed by atoms with van der Waals surface area (Å²) < 4.78 is 0.725. The molecule has 0 radical (unpaired) electrons. The highest BCUT2D eigenvalue weighted by Crippen LogP contribution is 2.42. The summed E-state index contributed by atoms with van der Waals surface area (Å²) in [6.07, 6.45) is 0. The summed E-state index contributed by atoms with van der Waals surface area (Å²) in [5, 5.41) is 19.2. The number of aryl methyl sites for hydroxylation is 2. The van der Waals surface area contributed by atoms with Crippen LogP contribution in [-0.2, 0) is 0 Å². The van der Waals surface area contributed by atoms with Crippen molar-refractivity contribution in [3.63, 3.8) is 0 Å². The maximum Gasteiger partial charge on any atom is 0.100 e. The molecule has 0 atom stereocenters. The van der Waals surface area contributed by atoms with Crippen molar-refractivity contribution >= 4 is 33.0 Å². The van der Waals surface area contributed by atoms with E-state index < -0.39 is 0 Å². The van der Waals surface area contributed by atoms with Crippen LogP contribution in [0.2, 0.25) is 0 Å². The van der Waals surface area contributed by atoms with Crippen molar-refractivity contribution in [1.29, 1.82) is 10.5 Å². The lowest BCUT2D eigenvalue weighted by Crippen LogP contribution is -2.10. The molecule has 0 aliphatic heterocycles. The Morgan fingerprint density at radius 2 is 1.12 bits per heavy atom. The lowest BCUT2D eigenvalue weighted by atomic mass is 9.88.